The minimum atomic E-state index is -0.353. The van der Waals surface area contributed by atoms with Gasteiger partial charge >= 0.3 is 5.97 Å². The molecule has 1 N–H and O–H groups in total. The number of carbonyl (C=O) groups excluding carboxylic acids is 2. The fourth-order valence-corrected chi connectivity index (χ4v) is 2.66. The highest BCUT2D eigenvalue weighted by atomic mass is 16.5. The third-order valence-corrected chi connectivity index (χ3v) is 4.07. The Morgan fingerprint density at radius 1 is 1.28 bits per heavy atom. The maximum Gasteiger partial charge on any atom is 0.338 e. The van der Waals surface area contributed by atoms with Crippen molar-refractivity contribution in [1.29, 1.82) is 0 Å². The van der Waals surface area contributed by atoms with Gasteiger partial charge in [0.1, 0.15) is 5.76 Å². The van der Waals surface area contributed by atoms with Crippen LogP contribution in [-0.2, 0) is 9.53 Å². The Morgan fingerprint density at radius 2 is 1.96 bits per heavy atom. The average molecular weight is 343 g/mol. The van der Waals surface area contributed by atoms with Crippen LogP contribution in [0.15, 0.2) is 40.6 Å². The molecule has 0 saturated heterocycles. The molecule has 1 aromatic carbocycles. The van der Waals surface area contributed by atoms with Gasteiger partial charge < -0.3 is 9.84 Å². The maximum atomic E-state index is 12.1. The van der Waals surface area contributed by atoms with E-state index >= 15 is 0 Å². The topological polar surface area (TPSA) is 76.0 Å². The normalized spacial score (nSPS) is 17.2. The minimum absolute atomic E-state index is 0.0844. The molecule has 2 rings (SSSR count). The molecule has 0 atom stereocenters. The molecule has 0 heterocycles. The van der Waals surface area contributed by atoms with Crippen LogP contribution in [0.1, 0.15) is 56.8 Å². The van der Waals surface area contributed by atoms with Crippen molar-refractivity contribution in [2.45, 2.75) is 46.5 Å². The number of unbranched alkanes of at least 4 members (excludes halogenated alkanes) is 1. The Kier molecular flexibility index (Phi) is 6.12. The minimum Gasteiger partial charge on any atom is -0.511 e. The lowest BCUT2D eigenvalue weighted by Crippen LogP contribution is -2.26. The number of allylic oxidation sites excluding steroid dienone is 2. The number of carbonyl (C=O) groups is 2. The summed E-state index contributed by atoms with van der Waals surface area (Å²) in [6, 6.07) is 6.64. The van der Waals surface area contributed by atoms with Crippen LogP contribution in [-0.4, -0.2) is 29.7 Å². The fraction of sp³-hybridized carbons (Fsp3) is 0.450. The van der Waals surface area contributed by atoms with E-state index in [9.17, 15) is 14.7 Å². The number of esters is 1. The van der Waals surface area contributed by atoms with Crippen LogP contribution in [0.4, 0.5) is 5.69 Å². The zero-order valence-electron chi connectivity index (χ0n) is 15.0. The van der Waals surface area contributed by atoms with Crippen LogP contribution in [0.25, 0.3) is 0 Å². The Hall–Kier alpha value is -2.43. The molecule has 1 aliphatic rings. The second-order valence-electron chi connectivity index (χ2n) is 7.10. The van der Waals surface area contributed by atoms with Crippen LogP contribution in [0.2, 0.25) is 0 Å². The second-order valence-corrected chi connectivity index (χ2v) is 7.10. The van der Waals surface area contributed by atoms with Crippen molar-refractivity contribution in [3.05, 3.63) is 41.2 Å². The Bertz CT molecular complexity index is 699. The van der Waals surface area contributed by atoms with Crippen molar-refractivity contribution in [3.63, 3.8) is 0 Å². The van der Waals surface area contributed by atoms with E-state index in [-0.39, 0.29) is 28.5 Å². The molecule has 1 aliphatic carbocycles. The van der Waals surface area contributed by atoms with Gasteiger partial charge in [-0.15, -0.1) is 0 Å². The number of aliphatic imine (C=N–C) groups is 1. The van der Waals surface area contributed by atoms with Crippen LogP contribution in [0, 0.1) is 5.41 Å². The first-order valence-corrected chi connectivity index (χ1v) is 8.59. The molecule has 134 valence electrons. The first kappa shape index (κ1) is 18.9. The molecule has 0 spiro atoms. The number of aliphatic hydroxyl groups excluding tert-OH is 1. The third kappa shape index (κ3) is 5.28. The first-order valence-electron chi connectivity index (χ1n) is 8.59. The molecule has 5 nitrogen and oxygen atoms in total. The van der Waals surface area contributed by atoms with E-state index in [1.807, 2.05) is 20.8 Å². The summed E-state index contributed by atoms with van der Waals surface area (Å²) in [6.45, 7) is 6.35. The highest BCUT2D eigenvalue weighted by Gasteiger charge is 2.32. The van der Waals surface area contributed by atoms with Gasteiger partial charge in [-0.3, -0.25) is 9.79 Å². The number of rotatable bonds is 6. The van der Waals surface area contributed by atoms with E-state index in [1.54, 1.807) is 24.3 Å². The summed E-state index contributed by atoms with van der Waals surface area (Å²) >= 11 is 0. The molecule has 1 aromatic rings. The molecule has 5 heteroatoms. The van der Waals surface area contributed by atoms with Gasteiger partial charge in [-0.05, 0) is 36.1 Å². The predicted octanol–water partition coefficient (Wildman–Crippen LogP) is 4.55. The molecule has 0 radical (unpaired) electrons. The number of hydrogen-bond acceptors (Lipinski definition) is 5. The number of ketones is 1. The highest BCUT2D eigenvalue weighted by molar-refractivity contribution is 6.14. The number of nitrogens with zero attached hydrogens (tertiary/aromatic N) is 1. The van der Waals surface area contributed by atoms with E-state index in [1.165, 1.54) is 6.21 Å². The lowest BCUT2D eigenvalue weighted by Gasteiger charge is -2.28. The fourth-order valence-electron chi connectivity index (χ4n) is 2.66. The van der Waals surface area contributed by atoms with Crippen molar-refractivity contribution < 1.29 is 19.4 Å². The van der Waals surface area contributed by atoms with Crippen molar-refractivity contribution in [2.24, 2.45) is 10.4 Å². The number of ether oxygens (including phenoxy) is 1. The lowest BCUT2D eigenvalue weighted by molar-refractivity contribution is -0.117. The quantitative estimate of drug-likeness (QED) is 0.467. The molecular weight excluding hydrogens is 318 g/mol. The first-order chi connectivity index (χ1) is 11.8. The molecule has 0 aliphatic heterocycles. The van der Waals surface area contributed by atoms with E-state index in [4.69, 9.17) is 4.74 Å². The van der Waals surface area contributed by atoms with E-state index in [2.05, 4.69) is 4.99 Å². The Labute approximate surface area is 148 Å². The Balaban J connectivity index is 2.05. The van der Waals surface area contributed by atoms with Gasteiger partial charge in [-0.25, -0.2) is 4.79 Å². The van der Waals surface area contributed by atoms with Crippen LogP contribution < -0.4 is 0 Å². The second kappa shape index (κ2) is 8.10. The van der Waals surface area contributed by atoms with Crippen molar-refractivity contribution >= 4 is 23.7 Å². The molecule has 0 bridgehead atoms. The highest BCUT2D eigenvalue weighted by Crippen LogP contribution is 2.35. The van der Waals surface area contributed by atoms with Crippen molar-refractivity contribution in [1.82, 2.24) is 0 Å². The smallest absolute Gasteiger partial charge is 0.338 e. The van der Waals surface area contributed by atoms with E-state index in [0.717, 1.165) is 12.8 Å². The van der Waals surface area contributed by atoms with E-state index < -0.39 is 0 Å². The van der Waals surface area contributed by atoms with Gasteiger partial charge in [0.05, 0.1) is 23.4 Å². The molecule has 0 amide bonds. The van der Waals surface area contributed by atoms with Crippen molar-refractivity contribution in [2.75, 3.05) is 6.61 Å². The maximum absolute atomic E-state index is 12.1. The number of hydrogen-bond donors (Lipinski definition) is 1. The molecular formula is C20H25NO4. The van der Waals surface area contributed by atoms with Crippen LogP contribution in [0.3, 0.4) is 0 Å². The van der Waals surface area contributed by atoms with Crippen LogP contribution >= 0.6 is 0 Å². The summed E-state index contributed by atoms with van der Waals surface area (Å²) < 4.78 is 5.15. The molecule has 0 fully saturated rings. The average Bonchev–Trinajstić information content (AvgIpc) is 2.53. The number of aliphatic hydroxyl groups is 1. The zero-order chi connectivity index (χ0) is 18.4. The standard InChI is InChI=1S/C20H25NO4/c1-4-5-10-25-19(24)14-6-8-15(9-7-14)21-13-16-17(22)11-20(2,3)12-18(16)23/h6-9,13,22H,4-5,10-12H2,1-3H3. The Morgan fingerprint density at radius 3 is 2.56 bits per heavy atom. The zero-order valence-corrected chi connectivity index (χ0v) is 15.0. The van der Waals surface area contributed by atoms with Gasteiger partial charge in [0.25, 0.3) is 0 Å². The SMILES string of the molecule is CCCCOC(=O)c1ccc(N=CC2=C(O)CC(C)(C)CC2=O)cc1. The summed E-state index contributed by atoms with van der Waals surface area (Å²) in [6.07, 6.45) is 4.07. The summed E-state index contributed by atoms with van der Waals surface area (Å²) in [7, 11) is 0. The van der Waals surface area contributed by atoms with E-state index in [0.29, 0.717) is 30.7 Å². The van der Waals surface area contributed by atoms with Crippen molar-refractivity contribution in [3.8, 4) is 0 Å². The lowest BCUT2D eigenvalue weighted by atomic mass is 9.77. The number of Topliss-reactive ketones (excluding diaryl/α,β-unsaturated/α-hetero) is 1. The summed E-state index contributed by atoms with van der Waals surface area (Å²) in [5.41, 5.74) is 1.11. The molecule has 25 heavy (non-hydrogen) atoms. The summed E-state index contributed by atoms with van der Waals surface area (Å²) in [4.78, 5) is 28.2. The molecule has 0 aromatic heterocycles. The summed E-state index contributed by atoms with van der Waals surface area (Å²) in [5, 5.41) is 10.1. The monoisotopic (exact) mass is 343 g/mol. The predicted molar refractivity (Wildman–Crippen MR) is 97.5 cm³/mol. The van der Waals surface area contributed by atoms with Gasteiger partial charge in [0.2, 0.25) is 0 Å². The van der Waals surface area contributed by atoms with Gasteiger partial charge in [-0.1, -0.05) is 27.2 Å². The van der Waals surface area contributed by atoms with Crippen LogP contribution in [0.5, 0.6) is 0 Å². The summed E-state index contributed by atoms with van der Waals surface area (Å²) in [5.74, 6) is -0.372. The third-order valence-electron chi connectivity index (χ3n) is 4.07. The molecule has 0 saturated carbocycles. The van der Waals surface area contributed by atoms with Gasteiger partial charge in [-0.2, -0.15) is 0 Å². The van der Waals surface area contributed by atoms with Gasteiger partial charge in [0, 0.05) is 19.1 Å². The molecule has 0 unspecified atom stereocenters. The van der Waals surface area contributed by atoms with Gasteiger partial charge in [0.15, 0.2) is 5.78 Å². The largest absolute Gasteiger partial charge is 0.511 e. The number of benzene rings is 1.